The second kappa shape index (κ2) is 7.77. The number of carbonyl (C=O) groups excluding carboxylic acids is 1. The Labute approximate surface area is 142 Å². The van der Waals surface area contributed by atoms with Crippen LogP contribution >= 0.6 is 0 Å². The van der Waals surface area contributed by atoms with Crippen molar-refractivity contribution >= 4 is 11.7 Å². The number of amides is 1. The van der Waals surface area contributed by atoms with Crippen LogP contribution in [-0.4, -0.2) is 35.1 Å². The third kappa shape index (κ3) is 5.22. The molecule has 0 aliphatic rings. The number of nitrogens with one attached hydrogen (secondary N) is 2. The normalized spacial score (nSPS) is 11.0. The molecule has 128 valence electrons. The smallest absolute Gasteiger partial charge is 0.270 e. The number of carbonyl (C=O) groups is 1. The Bertz CT molecular complexity index is 695. The zero-order valence-corrected chi connectivity index (χ0v) is 14.6. The molecule has 0 saturated carbocycles. The molecule has 2 aromatic rings. The van der Waals surface area contributed by atoms with Gasteiger partial charge in [0.15, 0.2) is 0 Å². The highest BCUT2D eigenvalue weighted by atomic mass is 16.5. The number of ether oxygens (including phenoxy) is 1. The van der Waals surface area contributed by atoms with Gasteiger partial charge in [-0.3, -0.25) is 4.79 Å². The molecule has 6 nitrogen and oxygen atoms in total. The van der Waals surface area contributed by atoms with E-state index in [-0.39, 0.29) is 11.4 Å². The molecule has 0 aliphatic carbocycles. The van der Waals surface area contributed by atoms with E-state index in [1.807, 2.05) is 45.0 Å². The van der Waals surface area contributed by atoms with Gasteiger partial charge < -0.3 is 15.4 Å². The lowest BCUT2D eigenvalue weighted by Gasteiger charge is -2.20. The Morgan fingerprint density at radius 1 is 1.21 bits per heavy atom. The molecule has 1 heterocycles. The second-order valence-electron chi connectivity index (χ2n) is 6.48. The van der Waals surface area contributed by atoms with Crippen LogP contribution in [0.3, 0.4) is 0 Å². The maximum Gasteiger partial charge on any atom is 0.270 e. The third-order valence-electron chi connectivity index (χ3n) is 3.28. The molecule has 1 aromatic carbocycles. The fourth-order valence-electron chi connectivity index (χ4n) is 2.22. The maximum absolute atomic E-state index is 12.1. The van der Waals surface area contributed by atoms with Gasteiger partial charge in [0.1, 0.15) is 23.6 Å². The van der Waals surface area contributed by atoms with Crippen LogP contribution in [0, 0.1) is 0 Å². The van der Waals surface area contributed by atoms with Crippen molar-refractivity contribution in [2.45, 2.75) is 32.7 Å². The summed E-state index contributed by atoms with van der Waals surface area (Å²) < 4.78 is 5.34. The van der Waals surface area contributed by atoms with Gasteiger partial charge in [0.05, 0.1) is 7.11 Å². The van der Waals surface area contributed by atoms with Gasteiger partial charge in [-0.25, -0.2) is 9.97 Å². The molecule has 0 fully saturated rings. The highest BCUT2D eigenvalue weighted by Crippen LogP contribution is 2.17. The summed E-state index contributed by atoms with van der Waals surface area (Å²) in [6, 6.07) is 9.55. The lowest BCUT2D eigenvalue weighted by Crippen LogP contribution is -2.41. The SMILES string of the molecule is COc1ccccc1CCNc1cc(C(=O)NC(C)(C)C)ncn1. The minimum Gasteiger partial charge on any atom is -0.496 e. The van der Waals surface area contributed by atoms with Gasteiger partial charge in [0.25, 0.3) is 5.91 Å². The van der Waals surface area contributed by atoms with Crippen LogP contribution in [0.1, 0.15) is 36.8 Å². The summed E-state index contributed by atoms with van der Waals surface area (Å²) in [4.78, 5) is 20.3. The first-order valence-electron chi connectivity index (χ1n) is 7.89. The van der Waals surface area contributed by atoms with Gasteiger partial charge >= 0.3 is 0 Å². The first-order chi connectivity index (χ1) is 11.4. The van der Waals surface area contributed by atoms with E-state index in [0.29, 0.717) is 18.1 Å². The van der Waals surface area contributed by atoms with Crippen LogP contribution < -0.4 is 15.4 Å². The second-order valence-corrected chi connectivity index (χ2v) is 6.48. The highest BCUT2D eigenvalue weighted by Gasteiger charge is 2.16. The predicted molar refractivity (Wildman–Crippen MR) is 94.4 cm³/mol. The van der Waals surface area contributed by atoms with E-state index in [4.69, 9.17) is 4.74 Å². The minimum atomic E-state index is -0.306. The summed E-state index contributed by atoms with van der Waals surface area (Å²) in [6.45, 7) is 6.47. The first-order valence-corrected chi connectivity index (χ1v) is 7.89. The van der Waals surface area contributed by atoms with Gasteiger partial charge in [-0.1, -0.05) is 18.2 Å². The number of hydrogen-bond donors (Lipinski definition) is 2. The molecular weight excluding hydrogens is 304 g/mol. The number of anilines is 1. The quantitative estimate of drug-likeness (QED) is 0.852. The number of aromatic nitrogens is 2. The largest absolute Gasteiger partial charge is 0.496 e. The zero-order chi connectivity index (χ0) is 17.6. The minimum absolute atomic E-state index is 0.210. The van der Waals surface area contributed by atoms with Crippen molar-refractivity contribution in [3.63, 3.8) is 0 Å². The van der Waals surface area contributed by atoms with Gasteiger partial charge in [0.2, 0.25) is 0 Å². The molecule has 1 amide bonds. The molecule has 0 bridgehead atoms. The number of rotatable bonds is 6. The Hall–Kier alpha value is -2.63. The summed E-state index contributed by atoms with van der Waals surface area (Å²) in [6.07, 6.45) is 2.18. The molecule has 2 rings (SSSR count). The molecule has 2 N–H and O–H groups in total. The van der Waals surface area contributed by atoms with E-state index in [9.17, 15) is 4.79 Å². The van der Waals surface area contributed by atoms with Crippen LogP contribution in [-0.2, 0) is 6.42 Å². The molecule has 0 radical (unpaired) electrons. The summed E-state index contributed by atoms with van der Waals surface area (Å²) in [5.74, 6) is 1.28. The van der Waals surface area contributed by atoms with Crippen molar-refractivity contribution in [1.29, 1.82) is 0 Å². The van der Waals surface area contributed by atoms with Crippen LogP contribution in [0.25, 0.3) is 0 Å². The number of hydrogen-bond acceptors (Lipinski definition) is 5. The molecule has 1 aromatic heterocycles. The van der Waals surface area contributed by atoms with E-state index >= 15 is 0 Å². The molecular formula is C18H24N4O2. The van der Waals surface area contributed by atoms with Crippen molar-refractivity contribution in [1.82, 2.24) is 15.3 Å². The van der Waals surface area contributed by atoms with Crippen molar-refractivity contribution < 1.29 is 9.53 Å². The third-order valence-corrected chi connectivity index (χ3v) is 3.28. The lowest BCUT2D eigenvalue weighted by atomic mass is 10.1. The molecule has 6 heteroatoms. The maximum atomic E-state index is 12.1. The average Bonchev–Trinajstić information content (AvgIpc) is 2.54. The molecule has 0 unspecified atom stereocenters. The fourth-order valence-corrected chi connectivity index (χ4v) is 2.22. The van der Waals surface area contributed by atoms with Crippen molar-refractivity contribution in [2.75, 3.05) is 19.0 Å². The fraction of sp³-hybridized carbons (Fsp3) is 0.389. The van der Waals surface area contributed by atoms with Crippen molar-refractivity contribution in [3.05, 3.63) is 47.9 Å². The number of methoxy groups -OCH3 is 1. The average molecular weight is 328 g/mol. The Balaban J connectivity index is 1.96. The summed E-state index contributed by atoms with van der Waals surface area (Å²) in [7, 11) is 1.66. The number of nitrogens with zero attached hydrogens (tertiary/aromatic N) is 2. The molecule has 0 spiro atoms. The Kier molecular flexibility index (Phi) is 5.73. The highest BCUT2D eigenvalue weighted by molar-refractivity contribution is 5.93. The van der Waals surface area contributed by atoms with E-state index in [1.54, 1.807) is 13.2 Å². The van der Waals surface area contributed by atoms with Crippen LogP contribution in [0.5, 0.6) is 5.75 Å². The monoisotopic (exact) mass is 328 g/mol. The van der Waals surface area contributed by atoms with E-state index in [1.165, 1.54) is 6.33 Å². The summed E-state index contributed by atoms with van der Waals surface area (Å²) >= 11 is 0. The summed E-state index contributed by atoms with van der Waals surface area (Å²) in [5, 5.41) is 6.10. The molecule has 24 heavy (non-hydrogen) atoms. The molecule has 0 saturated heterocycles. The van der Waals surface area contributed by atoms with Crippen molar-refractivity contribution in [2.24, 2.45) is 0 Å². The standard InChI is InChI=1S/C18H24N4O2/c1-18(2,3)22-17(23)14-11-16(21-12-20-14)19-10-9-13-7-5-6-8-15(13)24-4/h5-8,11-12H,9-10H2,1-4H3,(H,22,23)(H,19,20,21). The molecule has 0 atom stereocenters. The van der Waals surface area contributed by atoms with Gasteiger partial charge in [-0.2, -0.15) is 0 Å². The van der Waals surface area contributed by atoms with E-state index < -0.39 is 0 Å². The number of para-hydroxylation sites is 1. The predicted octanol–water partition coefficient (Wildman–Crippen LogP) is 2.67. The van der Waals surface area contributed by atoms with Crippen LogP contribution in [0.15, 0.2) is 36.7 Å². The summed E-state index contributed by atoms with van der Waals surface area (Å²) in [5.41, 5.74) is 1.16. The lowest BCUT2D eigenvalue weighted by molar-refractivity contribution is 0.0914. The Morgan fingerprint density at radius 3 is 2.67 bits per heavy atom. The Morgan fingerprint density at radius 2 is 1.96 bits per heavy atom. The van der Waals surface area contributed by atoms with Crippen LogP contribution in [0.2, 0.25) is 0 Å². The van der Waals surface area contributed by atoms with E-state index in [0.717, 1.165) is 17.7 Å². The van der Waals surface area contributed by atoms with Gasteiger partial charge in [-0.15, -0.1) is 0 Å². The molecule has 0 aliphatic heterocycles. The van der Waals surface area contributed by atoms with E-state index in [2.05, 4.69) is 20.6 Å². The topological polar surface area (TPSA) is 76.1 Å². The van der Waals surface area contributed by atoms with Crippen molar-refractivity contribution in [3.8, 4) is 5.75 Å². The van der Waals surface area contributed by atoms with Gasteiger partial charge in [-0.05, 0) is 38.8 Å². The van der Waals surface area contributed by atoms with Crippen LogP contribution in [0.4, 0.5) is 5.82 Å². The number of benzene rings is 1. The van der Waals surface area contributed by atoms with Gasteiger partial charge in [0, 0.05) is 18.2 Å². The first kappa shape index (κ1) is 17.7. The zero-order valence-electron chi connectivity index (χ0n) is 14.6.